The van der Waals surface area contributed by atoms with Gasteiger partial charge in [0.15, 0.2) is 11.0 Å². The molecule has 0 atom stereocenters. The van der Waals surface area contributed by atoms with Gasteiger partial charge in [-0.3, -0.25) is 14.3 Å². The second-order valence-corrected chi connectivity index (χ2v) is 7.05. The van der Waals surface area contributed by atoms with Crippen LogP contribution in [0.5, 0.6) is 0 Å². The minimum atomic E-state index is 0.0215. The van der Waals surface area contributed by atoms with E-state index < -0.39 is 0 Å². The first-order chi connectivity index (χ1) is 13.3. The molecule has 2 aromatic heterocycles. The Hall–Kier alpha value is -2.67. The van der Waals surface area contributed by atoms with Gasteiger partial charge in [-0.2, -0.15) is 0 Å². The monoisotopic (exact) mass is 381 g/mol. The molecule has 1 aromatic carbocycles. The number of unbranched alkanes of at least 4 members (excludes halogenated alkanes) is 1. The molecule has 3 rings (SSSR count). The van der Waals surface area contributed by atoms with Crippen molar-refractivity contribution < 1.29 is 4.79 Å². The molecule has 0 radical (unpaired) electrons. The Labute approximate surface area is 163 Å². The lowest BCUT2D eigenvalue weighted by molar-refractivity contribution is -0.118. The smallest absolute Gasteiger partial charge is 0.230 e. The fraction of sp³-hybridized carbons (Fsp3) is 0.300. The Balaban J connectivity index is 1.79. The van der Waals surface area contributed by atoms with Gasteiger partial charge in [0.25, 0.3) is 0 Å². The first-order valence-electron chi connectivity index (χ1n) is 9.05. The van der Waals surface area contributed by atoms with Crippen molar-refractivity contribution in [2.24, 2.45) is 0 Å². The van der Waals surface area contributed by atoms with Gasteiger partial charge in [0, 0.05) is 24.5 Å². The lowest BCUT2D eigenvalue weighted by Gasteiger charge is -2.10. The maximum absolute atomic E-state index is 12.0. The molecule has 0 saturated carbocycles. The van der Waals surface area contributed by atoms with E-state index in [1.807, 2.05) is 30.3 Å². The van der Waals surface area contributed by atoms with E-state index in [0.717, 1.165) is 41.5 Å². The van der Waals surface area contributed by atoms with Gasteiger partial charge in [-0.25, -0.2) is 0 Å². The number of carbonyl (C=O) groups excluding carboxylic acids is 1. The van der Waals surface area contributed by atoms with Crippen molar-refractivity contribution in [1.29, 1.82) is 0 Å². The average Bonchev–Trinajstić information content (AvgIpc) is 3.10. The number of carbonyl (C=O) groups is 1. The molecule has 0 bridgehead atoms. The molecule has 0 aliphatic rings. The first-order valence-corrected chi connectivity index (χ1v) is 10.0. The highest BCUT2D eigenvalue weighted by Gasteiger charge is 2.16. The average molecular weight is 382 g/mol. The van der Waals surface area contributed by atoms with E-state index >= 15 is 0 Å². The molecule has 7 heteroatoms. The summed E-state index contributed by atoms with van der Waals surface area (Å²) < 4.78 is 2.05. The summed E-state index contributed by atoms with van der Waals surface area (Å²) in [5, 5.41) is 12.4. The van der Waals surface area contributed by atoms with Gasteiger partial charge in [0.1, 0.15) is 0 Å². The molecule has 0 aliphatic carbocycles. The van der Waals surface area contributed by atoms with E-state index in [2.05, 4.69) is 44.1 Å². The van der Waals surface area contributed by atoms with E-state index in [4.69, 9.17) is 0 Å². The summed E-state index contributed by atoms with van der Waals surface area (Å²) in [5.41, 5.74) is 2.11. The largest absolute Gasteiger partial charge is 0.355 e. The number of thioether (sulfide) groups is 1. The quantitative estimate of drug-likeness (QED) is 0.454. The van der Waals surface area contributed by atoms with Gasteiger partial charge >= 0.3 is 0 Å². The third-order valence-corrected chi connectivity index (χ3v) is 4.99. The minimum Gasteiger partial charge on any atom is -0.355 e. The standard InChI is InChI=1S/C20H23N5OS/c1-2-3-11-22-18(26)15-27-20-24-23-19(17-9-12-21-13-10-17)25(20)14-16-7-5-4-6-8-16/h4-10,12-13H,2-3,11,14-15H2,1H3,(H,22,26). The molecule has 2 heterocycles. The molecule has 0 unspecified atom stereocenters. The van der Waals surface area contributed by atoms with E-state index in [1.54, 1.807) is 12.4 Å². The van der Waals surface area contributed by atoms with Crippen LogP contribution in [-0.4, -0.2) is 38.0 Å². The Bertz CT molecular complexity index is 851. The summed E-state index contributed by atoms with van der Waals surface area (Å²) in [6.45, 7) is 3.47. The zero-order valence-electron chi connectivity index (χ0n) is 15.3. The van der Waals surface area contributed by atoms with Crippen LogP contribution in [0.2, 0.25) is 0 Å². The highest BCUT2D eigenvalue weighted by atomic mass is 32.2. The van der Waals surface area contributed by atoms with Crippen LogP contribution in [-0.2, 0) is 11.3 Å². The lowest BCUT2D eigenvalue weighted by atomic mass is 10.2. The second kappa shape index (κ2) is 9.87. The van der Waals surface area contributed by atoms with Gasteiger partial charge in [-0.15, -0.1) is 10.2 Å². The lowest BCUT2D eigenvalue weighted by Crippen LogP contribution is -2.26. The summed E-state index contributed by atoms with van der Waals surface area (Å²) in [6, 6.07) is 14.0. The third kappa shape index (κ3) is 5.40. The Morgan fingerprint density at radius 1 is 1.11 bits per heavy atom. The molecule has 3 aromatic rings. The molecule has 0 saturated heterocycles. The van der Waals surface area contributed by atoms with Crippen molar-refractivity contribution in [3.05, 3.63) is 60.4 Å². The van der Waals surface area contributed by atoms with E-state index in [1.165, 1.54) is 11.8 Å². The van der Waals surface area contributed by atoms with Crippen molar-refractivity contribution in [2.75, 3.05) is 12.3 Å². The molecule has 27 heavy (non-hydrogen) atoms. The maximum atomic E-state index is 12.0. The molecule has 0 fully saturated rings. The molecule has 0 spiro atoms. The first kappa shape index (κ1) is 19.1. The molecule has 6 nitrogen and oxygen atoms in total. The van der Waals surface area contributed by atoms with Gasteiger partial charge in [-0.05, 0) is 24.1 Å². The van der Waals surface area contributed by atoms with E-state index in [-0.39, 0.29) is 5.91 Å². The third-order valence-electron chi connectivity index (χ3n) is 4.02. The van der Waals surface area contributed by atoms with E-state index in [9.17, 15) is 4.79 Å². The van der Waals surface area contributed by atoms with Crippen molar-refractivity contribution in [2.45, 2.75) is 31.5 Å². The molecule has 1 N–H and O–H groups in total. The highest BCUT2D eigenvalue weighted by molar-refractivity contribution is 7.99. The molecular formula is C20H23N5OS. The summed E-state index contributed by atoms with van der Waals surface area (Å²) in [7, 11) is 0. The Kier molecular flexibility index (Phi) is 6.98. The molecule has 0 aliphatic heterocycles. The summed E-state index contributed by atoms with van der Waals surface area (Å²) in [4.78, 5) is 16.1. The SMILES string of the molecule is CCCCNC(=O)CSc1nnc(-c2ccncc2)n1Cc1ccccc1. The minimum absolute atomic E-state index is 0.0215. The van der Waals surface area contributed by atoms with Crippen molar-refractivity contribution in [1.82, 2.24) is 25.1 Å². The zero-order valence-corrected chi connectivity index (χ0v) is 16.2. The Morgan fingerprint density at radius 2 is 1.89 bits per heavy atom. The normalized spacial score (nSPS) is 10.7. The predicted molar refractivity (Wildman–Crippen MR) is 107 cm³/mol. The summed E-state index contributed by atoms with van der Waals surface area (Å²) >= 11 is 1.41. The summed E-state index contributed by atoms with van der Waals surface area (Å²) in [6.07, 6.45) is 5.54. The number of aromatic nitrogens is 4. The van der Waals surface area contributed by atoms with Gasteiger partial charge in [0.2, 0.25) is 5.91 Å². The van der Waals surface area contributed by atoms with E-state index in [0.29, 0.717) is 12.3 Å². The van der Waals surface area contributed by atoms with Crippen LogP contribution in [0, 0.1) is 0 Å². The second-order valence-electron chi connectivity index (χ2n) is 6.11. The number of benzene rings is 1. The molecule has 140 valence electrons. The number of hydrogen-bond acceptors (Lipinski definition) is 5. The van der Waals surface area contributed by atoms with Gasteiger partial charge < -0.3 is 5.32 Å². The molecular weight excluding hydrogens is 358 g/mol. The van der Waals surface area contributed by atoms with Crippen LogP contribution in [0.3, 0.4) is 0 Å². The summed E-state index contributed by atoms with van der Waals surface area (Å²) in [5.74, 6) is 1.12. The number of nitrogens with zero attached hydrogens (tertiary/aromatic N) is 4. The van der Waals surface area contributed by atoms with Crippen LogP contribution in [0.15, 0.2) is 60.0 Å². The van der Waals surface area contributed by atoms with Crippen LogP contribution < -0.4 is 5.32 Å². The molecule has 1 amide bonds. The number of rotatable bonds is 9. The van der Waals surface area contributed by atoms with Crippen molar-refractivity contribution in [3.8, 4) is 11.4 Å². The van der Waals surface area contributed by atoms with Crippen LogP contribution in [0.1, 0.15) is 25.3 Å². The number of hydrogen-bond donors (Lipinski definition) is 1. The van der Waals surface area contributed by atoms with Crippen LogP contribution in [0.25, 0.3) is 11.4 Å². The fourth-order valence-electron chi connectivity index (χ4n) is 2.60. The van der Waals surface area contributed by atoms with Crippen molar-refractivity contribution >= 4 is 17.7 Å². The number of amides is 1. The Morgan fingerprint density at radius 3 is 2.63 bits per heavy atom. The zero-order chi connectivity index (χ0) is 18.9. The highest BCUT2D eigenvalue weighted by Crippen LogP contribution is 2.24. The maximum Gasteiger partial charge on any atom is 0.230 e. The topological polar surface area (TPSA) is 72.7 Å². The van der Waals surface area contributed by atoms with Crippen molar-refractivity contribution in [3.63, 3.8) is 0 Å². The fourth-order valence-corrected chi connectivity index (χ4v) is 3.37. The number of pyridine rings is 1. The predicted octanol–water partition coefficient (Wildman–Crippen LogP) is 3.40. The van der Waals surface area contributed by atoms with Gasteiger partial charge in [-0.1, -0.05) is 55.4 Å². The van der Waals surface area contributed by atoms with Crippen LogP contribution in [0.4, 0.5) is 0 Å². The van der Waals surface area contributed by atoms with Gasteiger partial charge in [0.05, 0.1) is 12.3 Å². The van der Waals surface area contributed by atoms with Crippen LogP contribution >= 0.6 is 11.8 Å². The number of nitrogens with one attached hydrogen (secondary N) is 1.